The van der Waals surface area contributed by atoms with Crippen molar-refractivity contribution in [3.05, 3.63) is 0 Å². The van der Waals surface area contributed by atoms with Gasteiger partial charge in [-0.15, -0.1) is 0 Å². The fraction of sp³-hybridized carbons (Fsp3) is 0.947. The predicted octanol–water partition coefficient (Wildman–Crippen LogP) is 3.57. The highest BCUT2D eigenvalue weighted by atomic mass is 16.3. The maximum absolute atomic E-state index is 12.4. The van der Waals surface area contributed by atoms with Crippen molar-refractivity contribution in [2.24, 2.45) is 39.9 Å². The first-order valence-corrected chi connectivity index (χ1v) is 9.15. The Balaban J connectivity index is 1.57. The quantitative estimate of drug-likeness (QED) is 0.740. The molecule has 0 aromatic carbocycles. The first kappa shape index (κ1) is 13.1. The largest absolute Gasteiger partial charge is 0.393 e. The lowest BCUT2D eigenvalue weighted by Crippen LogP contribution is -2.56. The third-order valence-corrected chi connectivity index (χ3v) is 9.28. The Morgan fingerprint density at radius 3 is 2.67 bits per heavy atom. The van der Waals surface area contributed by atoms with Crippen LogP contribution in [-0.4, -0.2) is 17.0 Å². The van der Waals surface area contributed by atoms with Crippen LogP contribution in [0.25, 0.3) is 0 Å². The molecule has 1 N–H and O–H groups in total. The number of hydrogen-bond acceptors (Lipinski definition) is 2. The van der Waals surface area contributed by atoms with E-state index in [1.807, 2.05) is 0 Å². The van der Waals surface area contributed by atoms with Gasteiger partial charge in [-0.1, -0.05) is 13.8 Å². The summed E-state index contributed by atoms with van der Waals surface area (Å²) >= 11 is 0. The van der Waals surface area contributed by atoms with Crippen molar-refractivity contribution in [2.45, 2.75) is 71.3 Å². The van der Waals surface area contributed by atoms with E-state index in [2.05, 4.69) is 13.8 Å². The molecule has 5 rings (SSSR count). The molecule has 0 saturated heterocycles. The SMILES string of the molecule is C[C@]12CC[C@@H]3[C@H](C[C@H](O)[C@]45C[C@H]4CC[C@]35C)[C@H]1CCC2=O. The molecule has 116 valence electrons. The molecule has 5 saturated carbocycles. The van der Waals surface area contributed by atoms with E-state index >= 15 is 0 Å². The Hall–Kier alpha value is -0.370. The topological polar surface area (TPSA) is 37.3 Å². The van der Waals surface area contributed by atoms with Crippen LogP contribution in [0.15, 0.2) is 0 Å². The minimum atomic E-state index is -0.0886. The standard InChI is InChI=1S/C19H28O2/c1-17-7-6-14-12(13(17)3-4-15(17)20)9-16(21)19-10-11(19)5-8-18(14,19)2/h11-14,16,21H,3-10H2,1-2H3/t11-,12-,13-,14-,16+,17+,18-,19+/m1/s1. The molecule has 0 aromatic rings. The van der Waals surface area contributed by atoms with Gasteiger partial charge in [0, 0.05) is 17.3 Å². The molecule has 1 spiro atoms. The summed E-state index contributed by atoms with van der Waals surface area (Å²) in [4.78, 5) is 12.4. The van der Waals surface area contributed by atoms with Crippen LogP contribution in [0.3, 0.4) is 0 Å². The van der Waals surface area contributed by atoms with Crippen LogP contribution in [-0.2, 0) is 4.79 Å². The molecule has 5 aliphatic rings. The van der Waals surface area contributed by atoms with Crippen molar-refractivity contribution in [2.75, 3.05) is 0 Å². The van der Waals surface area contributed by atoms with Crippen molar-refractivity contribution in [3.8, 4) is 0 Å². The van der Waals surface area contributed by atoms with Gasteiger partial charge in [-0.25, -0.2) is 0 Å². The van der Waals surface area contributed by atoms with Crippen LogP contribution in [0.2, 0.25) is 0 Å². The number of Topliss-reactive ketones (excluding diaryl/α,β-unsaturated/α-hetero) is 1. The van der Waals surface area contributed by atoms with Crippen molar-refractivity contribution in [1.29, 1.82) is 0 Å². The Kier molecular flexibility index (Phi) is 2.23. The summed E-state index contributed by atoms with van der Waals surface area (Å²) in [5.41, 5.74) is 0.598. The number of fused-ring (bicyclic) bond motifs is 4. The summed E-state index contributed by atoms with van der Waals surface area (Å²) < 4.78 is 0. The Labute approximate surface area is 127 Å². The maximum Gasteiger partial charge on any atom is 0.139 e. The van der Waals surface area contributed by atoms with Gasteiger partial charge < -0.3 is 5.11 Å². The van der Waals surface area contributed by atoms with E-state index in [1.54, 1.807) is 0 Å². The van der Waals surface area contributed by atoms with Crippen LogP contribution < -0.4 is 0 Å². The van der Waals surface area contributed by atoms with E-state index in [1.165, 1.54) is 25.7 Å². The molecular weight excluding hydrogens is 260 g/mol. The first-order chi connectivity index (χ1) is 9.93. The summed E-state index contributed by atoms with van der Waals surface area (Å²) in [5, 5.41) is 11.0. The van der Waals surface area contributed by atoms with E-state index in [9.17, 15) is 9.90 Å². The maximum atomic E-state index is 12.4. The average molecular weight is 288 g/mol. The van der Waals surface area contributed by atoms with Gasteiger partial charge in [0.25, 0.3) is 0 Å². The van der Waals surface area contributed by atoms with E-state index in [-0.39, 0.29) is 16.9 Å². The Bertz CT molecular complexity index is 528. The molecule has 0 aromatic heterocycles. The smallest absolute Gasteiger partial charge is 0.139 e. The third kappa shape index (κ3) is 1.22. The van der Waals surface area contributed by atoms with Crippen molar-refractivity contribution >= 4 is 5.78 Å². The Morgan fingerprint density at radius 1 is 1.10 bits per heavy atom. The summed E-state index contributed by atoms with van der Waals surface area (Å²) in [5.74, 6) is 3.28. The third-order valence-electron chi connectivity index (χ3n) is 9.28. The Morgan fingerprint density at radius 2 is 1.90 bits per heavy atom. The zero-order chi connectivity index (χ0) is 14.6. The molecule has 2 heteroatoms. The summed E-state index contributed by atoms with van der Waals surface area (Å²) in [6.45, 7) is 4.73. The molecule has 2 nitrogen and oxygen atoms in total. The second-order valence-corrected chi connectivity index (χ2v) is 9.44. The number of aliphatic hydroxyl groups is 1. The number of hydrogen-bond donors (Lipinski definition) is 1. The zero-order valence-corrected chi connectivity index (χ0v) is 13.4. The molecular formula is C19H28O2. The van der Waals surface area contributed by atoms with Gasteiger partial charge in [0.05, 0.1) is 6.10 Å². The van der Waals surface area contributed by atoms with Crippen LogP contribution in [0.4, 0.5) is 0 Å². The van der Waals surface area contributed by atoms with Crippen LogP contribution in [0, 0.1) is 39.9 Å². The average Bonchev–Trinajstić information content (AvgIpc) is 3.01. The highest BCUT2D eigenvalue weighted by Gasteiger charge is 2.77. The number of aliphatic hydroxyl groups excluding tert-OH is 1. The highest BCUT2D eigenvalue weighted by Crippen LogP contribution is 2.81. The van der Waals surface area contributed by atoms with Gasteiger partial charge in [0.15, 0.2) is 0 Å². The fourth-order valence-electron chi connectivity index (χ4n) is 8.08. The monoisotopic (exact) mass is 288 g/mol. The van der Waals surface area contributed by atoms with Gasteiger partial charge >= 0.3 is 0 Å². The predicted molar refractivity (Wildman–Crippen MR) is 80.6 cm³/mol. The fourth-order valence-corrected chi connectivity index (χ4v) is 8.08. The van der Waals surface area contributed by atoms with E-state index < -0.39 is 0 Å². The molecule has 5 aliphatic carbocycles. The minimum Gasteiger partial charge on any atom is -0.393 e. The number of rotatable bonds is 0. The number of carbonyl (C=O) groups is 1. The zero-order valence-electron chi connectivity index (χ0n) is 13.4. The molecule has 0 amide bonds. The van der Waals surface area contributed by atoms with Crippen molar-refractivity contribution in [1.82, 2.24) is 0 Å². The van der Waals surface area contributed by atoms with E-state index in [0.717, 1.165) is 37.5 Å². The molecule has 0 bridgehead atoms. The van der Waals surface area contributed by atoms with Gasteiger partial charge in [0.1, 0.15) is 5.78 Å². The van der Waals surface area contributed by atoms with Crippen molar-refractivity contribution < 1.29 is 9.90 Å². The summed E-state index contributed by atoms with van der Waals surface area (Å²) in [6.07, 6.45) is 9.10. The van der Waals surface area contributed by atoms with Crippen LogP contribution >= 0.6 is 0 Å². The molecule has 8 atom stereocenters. The van der Waals surface area contributed by atoms with Gasteiger partial charge in [-0.2, -0.15) is 0 Å². The molecule has 0 radical (unpaired) electrons. The summed E-state index contributed by atoms with van der Waals surface area (Å²) in [6, 6.07) is 0. The number of ketones is 1. The second-order valence-electron chi connectivity index (χ2n) is 9.44. The lowest BCUT2D eigenvalue weighted by atomic mass is 9.46. The number of carbonyl (C=O) groups excluding carboxylic acids is 1. The van der Waals surface area contributed by atoms with Gasteiger partial charge in [-0.3, -0.25) is 4.79 Å². The van der Waals surface area contributed by atoms with Gasteiger partial charge in [-0.05, 0) is 74.0 Å². The van der Waals surface area contributed by atoms with E-state index in [4.69, 9.17) is 0 Å². The minimum absolute atomic E-state index is 0.0523. The summed E-state index contributed by atoms with van der Waals surface area (Å²) in [7, 11) is 0. The van der Waals surface area contributed by atoms with E-state index in [0.29, 0.717) is 23.0 Å². The molecule has 0 aliphatic heterocycles. The first-order valence-electron chi connectivity index (χ1n) is 9.15. The van der Waals surface area contributed by atoms with Crippen LogP contribution in [0.5, 0.6) is 0 Å². The highest BCUT2D eigenvalue weighted by molar-refractivity contribution is 5.87. The lowest BCUT2D eigenvalue weighted by Gasteiger charge is -2.59. The lowest BCUT2D eigenvalue weighted by molar-refractivity contribution is -0.154. The molecule has 5 fully saturated rings. The molecule has 0 heterocycles. The van der Waals surface area contributed by atoms with Gasteiger partial charge in [0.2, 0.25) is 0 Å². The van der Waals surface area contributed by atoms with Crippen LogP contribution in [0.1, 0.15) is 65.2 Å². The second kappa shape index (κ2) is 3.58. The van der Waals surface area contributed by atoms with Crippen molar-refractivity contribution in [3.63, 3.8) is 0 Å². The normalized spacial score (nSPS) is 64.5. The molecule has 21 heavy (non-hydrogen) atoms. The molecule has 0 unspecified atom stereocenters.